The first-order chi connectivity index (χ1) is 7.56. The van der Waals surface area contributed by atoms with Crippen LogP contribution in [0.15, 0.2) is 12.1 Å². The number of nitrogens with one attached hydrogen (secondary N) is 1. The Labute approximate surface area is 92.6 Å². The van der Waals surface area contributed by atoms with Crippen LogP contribution in [0.25, 0.3) is 0 Å². The van der Waals surface area contributed by atoms with Crippen LogP contribution in [-0.4, -0.2) is 5.91 Å². The average Bonchev–Trinajstić information content (AvgIpc) is 2.27. The molecule has 0 aliphatic heterocycles. The van der Waals surface area contributed by atoms with Crippen molar-refractivity contribution in [3.8, 4) is 0 Å². The van der Waals surface area contributed by atoms with Crippen molar-refractivity contribution in [1.82, 2.24) is 0 Å². The fraction of sp³-hybridized carbons (Fsp3) is 0.364. The number of anilines is 2. The lowest BCUT2D eigenvalue weighted by atomic mass is 10.2. The molecule has 0 heterocycles. The van der Waals surface area contributed by atoms with Crippen LogP contribution in [0, 0.1) is 11.6 Å². The number of hydrogen-bond donors (Lipinski definition) is 2. The zero-order chi connectivity index (χ0) is 12.1. The molecule has 3 N–H and O–H groups in total. The summed E-state index contributed by atoms with van der Waals surface area (Å²) in [5, 5.41) is 2.28. The summed E-state index contributed by atoms with van der Waals surface area (Å²) in [4.78, 5) is 11.3. The minimum Gasteiger partial charge on any atom is -0.397 e. The molecule has 0 fully saturated rings. The topological polar surface area (TPSA) is 55.1 Å². The molecule has 0 aromatic heterocycles. The van der Waals surface area contributed by atoms with Crippen LogP contribution < -0.4 is 11.1 Å². The summed E-state index contributed by atoms with van der Waals surface area (Å²) in [7, 11) is 0. The Morgan fingerprint density at radius 3 is 2.75 bits per heavy atom. The lowest BCUT2D eigenvalue weighted by Crippen LogP contribution is -2.14. The van der Waals surface area contributed by atoms with Crippen molar-refractivity contribution in [2.45, 2.75) is 26.2 Å². The molecule has 1 amide bonds. The van der Waals surface area contributed by atoms with E-state index < -0.39 is 11.6 Å². The SMILES string of the molecule is CCCCC(=O)Nc1c(N)ccc(F)c1F. The van der Waals surface area contributed by atoms with E-state index in [0.29, 0.717) is 6.42 Å². The van der Waals surface area contributed by atoms with Gasteiger partial charge in [0.25, 0.3) is 0 Å². The number of hydrogen-bond acceptors (Lipinski definition) is 2. The summed E-state index contributed by atoms with van der Waals surface area (Å²) in [6.45, 7) is 1.93. The van der Waals surface area contributed by atoms with Crippen molar-refractivity contribution >= 4 is 17.3 Å². The van der Waals surface area contributed by atoms with Crippen LogP contribution in [0.4, 0.5) is 20.2 Å². The van der Waals surface area contributed by atoms with E-state index in [1.807, 2.05) is 6.92 Å². The summed E-state index contributed by atoms with van der Waals surface area (Å²) in [5.41, 5.74) is 5.19. The van der Waals surface area contributed by atoms with Crippen molar-refractivity contribution in [3.63, 3.8) is 0 Å². The van der Waals surface area contributed by atoms with Gasteiger partial charge in [0.15, 0.2) is 11.6 Å². The fourth-order valence-corrected chi connectivity index (χ4v) is 1.23. The number of benzene rings is 1. The summed E-state index contributed by atoms with van der Waals surface area (Å²) in [6, 6.07) is 2.14. The number of unbranched alkanes of at least 4 members (excludes halogenated alkanes) is 1. The third-order valence-electron chi connectivity index (χ3n) is 2.15. The highest BCUT2D eigenvalue weighted by molar-refractivity contribution is 5.93. The van der Waals surface area contributed by atoms with E-state index in [4.69, 9.17) is 5.73 Å². The van der Waals surface area contributed by atoms with Crippen molar-refractivity contribution in [3.05, 3.63) is 23.8 Å². The second kappa shape index (κ2) is 5.44. The maximum Gasteiger partial charge on any atom is 0.224 e. The van der Waals surface area contributed by atoms with Crippen molar-refractivity contribution in [1.29, 1.82) is 0 Å². The lowest BCUT2D eigenvalue weighted by molar-refractivity contribution is -0.116. The Balaban J connectivity index is 2.80. The molecule has 0 aliphatic carbocycles. The van der Waals surface area contributed by atoms with Gasteiger partial charge in [-0.2, -0.15) is 0 Å². The van der Waals surface area contributed by atoms with Gasteiger partial charge < -0.3 is 11.1 Å². The quantitative estimate of drug-likeness (QED) is 0.778. The molecule has 0 radical (unpaired) electrons. The van der Waals surface area contributed by atoms with Gasteiger partial charge in [0, 0.05) is 6.42 Å². The second-order valence-electron chi connectivity index (χ2n) is 3.48. The standard InChI is InChI=1S/C11H14F2N2O/c1-2-3-4-9(16)15-11-8(14)6-5-7(12)10(11)13/h5-6H,2-4,14H2,1H3,(H,15,16). The van der Waals surface area contributed by atoms with Crippen LogP contribution in [0.2, 0.25) is 0 Å². The van der Waals surface area contributed by atoms with Gasteiger partial charge in [-0.1, -0.05) is 13.3 Å². The number of nitrogens with two attached hydrogens (primary N) is 1. The van der Waals surface area contributed by atoms with E-state index in [9.17, 15) is 13.6 Å². The molecule has 0 aliphatic rings. The Morgan fingerprint density at radius 1 is 1.44 bits per heavy atom. The molecular formula is C11H14F2N2O. The first-order valence-corrected chi connectivity index (χ1v) is 5.09. The van der Waals surface area contributed by atoms with Gasteiger partial charge in [-0.05, 0) is 18.6 Å². The predicted molar refractivity (Wildman–Crippen MR) is 58.9 cm³/mol. The Bertz CT molecular complexity index is 394. The van der Waals surface area contributed by atoms with Gasteiger partial charge in [-0.25, -0.2) is 8.78 Å². The maximum absolute atomic E-state index is 13.3. The summed E-state index contributed by atoms with van der Waals surface area (Å²) >= 11 is 0. The van der Waals surface area contributed by atoms with Crippen molar-refractivity contribution in [2.75, 3.05) is 11.1 Å². The highest BCUT2D eigenvalue weighted by Crippen LogP contribution is 2.24. The van der Waals surface area contributed by atoms with Gasteiger partial charge in [-0.3, -0.25) is 4.79 Å². The number of nitrogen functional groups attached to an aromatic ring is 1. The molecule has 0 spiro atoms. The van der Waals surface area contributed by atoms with Crippen LogP contribution >= 0.6 is 0 Å². The minimum atomic E-state index is -1.12. The molecule has 0 saturated heterocycles. The number of halogens is 2. The molecule has 3 nitrogen and oxygen atoms in total. The molecule has 16 heavy (non-hydrogen) atoms. The summed E-state index contributed by atoms with van der Waals surface area (Å²) in [6.07, 6.45) is 1.82. The molecule has 1 aromatic carbocycles. The number of rotatable bonds is 4. The normalized spacial score (nSPS) is 10.2. The van der Waals surface area contributed by atoms with Crippen LogP contribution in [0.5, 0.6) is 0 Å². The Kier molecular flexibility index (Phi) is 4.22. The number of amides is 1. The molecule has 0 atom stereocenters. The molecule has 88 valence electrons. The van der Waals surface area contributed by atoms with E-state index in [-0.39, 0.29) is 23.7 Å². The minimum absolute atomic E-state index is 0.0174. The zero-order valence-electron chi connectivity index (χ0n) is 9.02. The van der Waals surface area contributed by atoms with Gasteiger partial charge in [-0.15, -0.1) is 0 Å². The number of carbonyl (C=O) groups is 1. The molecule has 0 saturated carbocycles. The van der Waals surface area contributed by atoms with Crippen LogP contribution in [0.1, 0.15) is 26.2 Å². The largest absolute Gasteiger partial charge is 0.397 e. The van der Waals surface area contributed by atoms with E-state index in [1.54, 1.807) is 0 Å². The zero-order valence-corrected chi connectivity index (χ0v) is 9.02. The predicted octanol–water partition coefficient (Wildman–Crippen LogP) is 2.68. The average molecular weight is 228 g/mol. The van der Waals surface area contributed by atoms with E-state index in [1.165, 1.54) is 6.07 Å². The van der Waals surface area contributed by atoms with Gasteiger partial charge in [0.2, 0.25) is 5.91 Å². The molecule has 0 bridgehead atoms. The van der Waals surface area contributed by atoms with E-state index >= 15 is 0 Å². The van der Waals surface area contributed by atoms with E-state index in [2.05, 4.69) is 5.32 Å². The fourth-order valence-electron chi connectivity index (χ4n) is 1.23. The van der Waals surface area contributed by atoms with Crippen LogP contribution in [0.3, 0.4) is 0 Å². The maximum atomic E-state index is 13.3. The molecule has 0 unspecified atom stereocenters. The highest BCUT2D eigenvalue weighted by Gasteiger charge is 2.13. The highest BCUT2D eigenvalue weighted by atomic mass is 19.2. The van der Waals surface area contributed by atoms with Crippen molar-refractivity contribution in [2.24, 2.45) is 0 Å². The van der Waals surface area contributed by atoms with E-state index in [0.717, 1.165) is 12.5 Å². The Morgan fingerprint density at radius 2 is 2.12 bits per heavy atom. The monoisotopic (exact) mass is 228 g/mol. The molecule has 1 rings (SSSR count). The first kappa shape index (κ1) is 12.4. The Hall–Kier alpha value is -1.65. The molecule has 5 heteroatoms. The summed E-state index contributed by atoms with van der Waals surface area (Å²) in [5.74, 6) is -2.51. The van der Waals surface area contributed by atoms with Crippen molar-refractivity contribution < 1.29 is 13.6 Å². The molecular weight excluding hydrogens is 214 g/mol. The van der Waals surface area contributed by atoms with Gasteiger partial charge in [0.05, 0.1) is 5.69 Å². The second-order valence-corrected chi connectivity index (χ2v) is 3.48. The van der Waals surface area contributed by atoms with Gasteiger partial charge >= 0.3 is 0 Å². The number of carbonyl (C=O) groups excluding carboxylic acids is 1. The lowest BCUT2D eigenvalue weighted by Gasteiger charge is -2.09. The third-order valence-corrected chi connectivity index (χ3v) is 2.15. The summed E-state index contributed by atoms with van der Waals surface area (Å²) < 4.78 is 26.2. The smallest absolute Gasteiger partial charge is 0.224 e. The first-order valence-electron chi connectivity index (χ1n) is 5.09. The van der Waals surface area contributed by atoms with Gasteiger partial charge in [0.1, 0.15) is 5.69 Å². The van der Waals surface area contributed by atoms with Crippen LogP contribution in [-0.2, 0) is 4.79 Å². The molecule has 1 aromatic rings. The third kappa shape index (κ3) is 2.92.